The summed E-state index contributed by atoms with van der Waals surface area (Å²) in [6, 6.07) is 3.63. The Labute approximate surface area is 116 Å². The van der Waals surface area contributed by atoms with Crippen LogP contribution in [0.4, 0.5) is 0 Å². The molecule has 0 aliphatic carbocycles. The van der Waals surface area contributed by atoms with E-state index < -0.39 is 0 Å². The van der Waals surface area contributed by atoms with Crippen LogP contribution in [0.1, 0.15) is 22.5 Å². The van der Waals surface area contributed by atoms with Crippen molar-refractivity contribution in [3.8, 4) is 11.8 Å². The lowest BCUT2D eigenvalue weighted by molar-refractivity contribution is 0.318. The number of oxime groups is 1. The molecule has 7 heteroatoms. The van der Waals surface area contributed by atoms with Crippen LogP contribution in [0.3, 0.4) is 0 Å². The summed E-state index contributed by atoms with van der Waals surface area (Å²) in [7, 11) is 1.77. The monoisotopic (exact) mass is 275 g/mol. The third-order valence-electron chi connectivity index (χ3n) is 2.84. The van der Waals surface area contributed by atoms with Gasteiger partial charge in [-0.25, -0.2) is 9.67 Å². The predicted molar refractivity (Wildman–Crippen MR) is 74.2 cm³/mol. The van der Waals surface area contributed by atoms with Gasteiger partial charge in [0.1, 0.15) is 0 Å². The summed E-state index contributed by atoms with van der Waals surface area (Å²) in [4.78, 5) is 4.31. The van der Waals surface area contributed by atoms with E-state index in [4.69, 9.17) is 15.7 Å². The second-order valence-electron chi connectivity index (χ2n) is 4.60. The second-order valence-corrected chi connectivity index (χ2v) is 4.60. The maximum Gasteiger partial charge on any atom is 0.232 e. The average Bonchev–Trinajstić information content (AvgIpc) is 2.66. The molecule has 0 atom stereocenters. The van der Waals surface area contributed by atoms with Crippen molar-refractivity contribution in [2.75, 3.05) is 0 Å². The number of ether oxygens (including phenoxy) is 1. The molecule has 0 fully saturated rings. The molecule has 2 heterocycles. The lowest BCUT2D eigenvalue weighted by Gasteiger charge is -2.12. The first-order valence-corrected chi connectivity index (χ1v) is 6.07. The van der Waals surface area contributed by atoms with E-state index in [0.717, 1.165) is 17.0 Å². The maximum absolute atomic E-state index is 8.89. The zero-order chi connectivity index (χ0) is 14.9. The Morgan fingerprint density at radius 2 is 2.00 bits per heavy atom. The molecule has 0 spiro atoms. The van der Waals surface area contributed by atoms with Crippen molar-refractivity contribution in [3.63, 3.8) is 0 Å². The molecule has 2 aromatic rings. The Kier molecular flexibility index (Phi) is 3.60. The van der Waals surface area contributed by atoms with Gasteiger partial charge in [0, 0.05) is 18.8 Å². The van der Waals surface area contributed by atoms with Gasteiger partial charge in [-0.15, -0.1) is 0 Å². The van der Waals surface area contributed by atoms with E-state index in [-0.39, 0.29) is 5.84 Å². The van der Waals surface area contributed by atoms with Gasteiger partial charge < -0.3 is 15.7 Å². The van der Waals surface area contributed by atoms with Crippen molar-refractivity contribution in [2.24, 2.45) is 17.9 Å². The van der Waals surface area contributed by atoms with Gasteiger partial charge >= 0.3 is 0 Å². The number of rotatable bonds is 3. The van der Waals surface area contributed by atoms with E-state index in [0.29, 0.717) is 17.3 Å². The molecule has 0 radical (unpaired) electrons. The van der Waals surface area contributed by atoms with Crippen molar-refractivity contribution in [1.29, 1.82) is 0 Å². The molecule has 0 amide bonds. The highest BCUT2D eigenvalue weighted by Gasteiger charge is 2.17. The highest BCUT2D eigenvalue weighted by Crippen LogP contribution is 2.26. The number of nitrogens with two attached hydrogens (primary N) is 1. The summed E-state index contributed by atoms with van der Waals surface area (Å²) in [6.07, 6.45) is 0. The van der Waals surface area contributed by atoms with Crippen molar-refractivity contribution < 1.29 is 9.94 Å². The van der Waals surface area contributed by atoms with Gasteiger partial charge in [-0.2, -0.15) is 5.10 Å². The molecule has 7 nitrogen and oxygen atoms in total. The molecule has 0 unspecified atom stereocenters. The van der Waals surface area contributed by atoms with Crippen LogP contribution < -0.4 is 10.5 Å². The van der Waals surface area contributed by atoms with E-state index in [1.54, 1.807) is 17.8 Å². The average molecular weight is 275 g/mol. The third-order valence-corrected chi connectivity index (χ3v) is 2.84. The van der Waals surface area contributed by atoms with Crippen molar-refractivity contribution in [1.82, 2.24) is 14.8 Å². The lowest BCUT2D eigenvalue weighted by atomic mass is 10.1. The molecule has 0 saturated heterocycles. The Hall–Kier alpha value is -2.57. The van der Waals surface area contributed by atoms with Gasteiger partial charge in [0.05, 0.1) is 11.3 Å². The van der Waals surface area contributed by atoms with E-state index in [2.05, 4.69) is 15.2 Å². The van der Waals surface area contributed by atoms with Gasteiger partial charge in [0.2, 0.25) is 11.8 Å². The van der Waals surface area contributed by atoms with Gasteiger partial charge in [-0.1, -0.05) is 5.16 Å². The topological polar surface area (TPSA) is 98.5 Å². The summed E-state index contributed by atoms with van der Waals surface area (Å²) in [5.41, 5.74) is 8.60. The van der Waals surface area contributed by atoms with Gasteiger partial charge in [-0.3, -0.25) is 0 Å². The second kappa shape index (κ2) is 5.20. The van der Waals surface area contributed by atoms with Gasteiger partial charge in [-0.05, 0) is 32.4 Å². The van der Waals surface area contributed by atoms with E-state index in [9.17, 15) is 0 Å². The molecule has 0 bridgehead atoms. The van der Waals surface area contributed by atoms with Crippen LogP contribution in [0, 0.1) is 20.8 Å². The number of aromatic nitrogens is 3. The minimum Gasteiger partial charge on any atom is -0.420 e. The van der Waals surface area contributed by atoms with Crippen molar-refractivity contribution in [2.45, 2.75) is 20.8 Å². The molecule has 20 heavy (non-hydrogen) atoms. The molecule has 0 aliphatic heterocycles. The molecule has 2 aromatic heterocycles. The highest BCUT2D eigenvalue weighted by atomic mass is 16.5. The summed E-state index contributed by atoms with van der Waals surface area (Å²) in [6.45, 7) is 5.57. The van der Waals surface area contributed by atoms with Crippen LogP contribution in [0.2, 0.25) is 0 Å². The minimum absolute atomic E-state index is 0.0381. The zero-order valence-electron chi connectivity index (χ0n) is 11.9. The van der Waals surface area contributed by atoms with Gasteiger partial charge in [0.25, 0.3) is 0 Å². The number of pyridine rings is 1. The number of aryl methyl sites for hydroxylation is 4. The van der Waals surface area contributed by atoms with Crippen LogP contribution in [0.5, 0.6) is 11.8 Å². The SMILES string of the molecule is Cc1cc(C)c(/C(N)=N/O)c(Oc2cc(C)nn2C)n1. The fourth-order valence-electron chi connectivity index (χ4n) is 2.02. The number of hydrogen-bond acceptors (Lipinski definition) is 5. The normalized spacial score (nSPS) is 11.7. The fourth-order valence-corrected chi connectivity index (χ4v) is 2.02. The predicted octanol–water partition coefficient (Wildman–Crippen LogP) is 1.63. The number of nitrogens with zero attached hydrogens (tertiary/aromatic N) is 4. The van der Waals surface area contributed by atoms with Crippen LogP contribution in [0.25, 0.3) is 0 Å². The highest BCUT2D eigenvalue weighted by molar-refractivity contribution is 6.00. The van der Waals surface area contributed by atoms with E-state index >= 15 is 0 Å². The first-order valence-electron chi connectivity index (χ1n) is 6.07. The van der Waals surface area contributed by atoms with Crippen molar-refractivity contribution in [3.05, 3.63) is 34.6 Å². The minimum atomic E-state index is -0.0381. The zero-order valence-corrected chi connectivity index (χ0v) is 11.9. The van der Waals surface area contributed by atoms with Crippen LogP contribution in [-0.4, -0.2) is 25.8 Å². The summed E-state index contributed by atoms with van der Waals surface area (Å²) >= 11 is 0. The lowest BCUT2D eigenvalue weighted by Crippen LogP contribution is -2.17. The van der Waals surface area contributed by atoms with Gasteiger partial charge in [0.15, 0.2) is 5.84 Å². The van der Waals surface area contributed by atoms with Crippen molar-refractivity contribution >= 4 is 5.84 Å². The third kappa shape index (κ3) is 2.56. The standard InChI is InChI=1S/C13H17N5O2/c1-7-5-8(2)15-13(11(7)12(14)17-19)20-10-6-9(3)16-18(10)4/h5-6,19H,1-4H3,(H2,14,17). The van der Waals surface area contributed by atoms with E-state index in [1.807, 2.05) is 26.8 Å². The van der Waals surface area contributed by atoms with Crippen LogP contribution in [-0.2, 0) is 7.05 Å². The fraction of sp³-hybridized carbons (Fsp3) is 0.308. The van der Waals surface area contributed by atoms with E-state index in [1.165, 1.54) is 0 Å². The molecule has 3 N–H and O–H groups in total. The summed E-state index contributed by atoms with van der Waals surface area (Å²) in [5, 5.41) is 16.1. The molecule has 106 valence electrons. The molecular formula is C13H17N5O2. The smallest absolute Gasteiger partial charge is 0.232 e. The molecule has 2 rings (SSSR count). The summed E-state index contributed by atoms with van der Waals surface area (Å²) in [5.74, 6) is 0.789. The maximum atomic E-state index is 8.89. The van der Waals surface area contributed by atoms with Crippen LogP contribution >= 0.6 is 0 Å². The Morgan fingerprint density at radius 3 is 2.55 bits per heavy atom. The quantitative estimate of drug-likeness (QED) is 0.384. The molecule has 0 saturated carbocycles. The number of hydrogen-bond donors (Lipinski definition) is 2. The number of amidine groups is 1. The first kappa shape index (κ1) is 13.9. The van der Waals surface area contributed by atoms with Crippen LogP contribution in [0.15, 0.2) is 17.3 Å². The Balaban J connectivity index is 2.53. The molecule has 0 aliphatic rings. The first-order chi connectivity index (χ1) is 9.42. The summed E-state index contributed by atoms with van der Waals surface area (Å²) < 4.78 is 7.37. The molecular weight excluding hydrogens is 258 g/mol. The molecule has 0 aromatic carbocycles. The Bertz CT molecular complexity index is 676. The largest absolute Gasteiger partial charge is 0.420 e. The Morgan fingerprint density at radius 1 is 1.30 bits per heavy atom.